The van der Waals surface area contributed by atoms with Crippen LogP contribution in [0.15, 0.2) is 23.4 Å². The number of benzene rings is 1. The van der Waals surface area contributed by atoms with Crippen LogP contribution >= 0.6 is 0 Å². The lowest BCUT2D eigenvalue weighted by atomic mass is 10.0. The number of aryl methyl sites for hydroxylation is 2. The Bertz CT molecular complexity index is 452. The van der Waals surface area contributed by atoms with Gasteiger partial charge in [0.05, 0.1) is 5.71 Å². The molecule has 0 atom stereocenters. The van der Waals surface area contributed by atoms with E-state index in [0.717, 1.165) is 29.5 Å². The second kappa shape index (κ2) is 4.35. The molecule has 16 heavy (non-hydrogen) atoms. The first-order valence-electron chi connectivity index (χ1n) is 5.23. The Hall–Kier alpha value is -1.84. The molecule has 0 saturated carbocycles. The molecular weight excluding hydrogens is 206 g/mol. The van der Waals surface area contributed by atoms with Gasteiger partial charge in [-0.25, -0.2) is 0 Å². The molecule has 4 heteroatoms. The maximum Gasteiger partial charge on any atom is 0.0873 e. The van der Waals surface area contributed by atoms with Crippen molar-refractivity contribution in [2.75, 3.05) is 0 Å². The number of nitrogens with zero attached hydrogens (tertiary/aromatic N) is 1. The van der Waals surface area contributed by atoms with E-state index >= 15 is 0 Å². The Morgan fingerprint density at radius 3 is 2.94 bits per heavy atom. The van der Waals surface area contributed by atoms with Crippen molar-refractivity contribution in [2.24, 2.45) is 5.16 Å². The molecule has 1 aromatic rings. The van der Waals surface area contributed by atoms with Crippen LogP contribution in [0.1, 0.15) is 29.5 Å². The highest BCUT2D eigenvalue weighted by molar-refractivity contribution is 6.04. The van der Waals surface area contributed by atoms with E-state index in [2.05, 4.69) is 5.16 Å². The predicted octanol–water partition coefficient (Wildman–Crippen LogP) is 0.494. The molecule has 4 nitrogen and oxygen atoms in total. The van der Waals surface area contributed by atoms with Crippen molar-refractivity contribution in [3.8, 4) is 0 Å². The number of aliphatic carboxylic acids is 1. The summed E-state index contributed by atoms with van der Waals surface area (Å²) in [6.45, 7) is 0. The van der Waals surface area contributed by atoms with E-state index in [1.807, 2.05) is 18.2 Å². The van der Waals surface area contributed by atoms with Gasteiger partial charge in [0.2, 0.25) is 0 Å². The van der Waals surface area contributed by atoms with Crippen LogP contribution in [0.5, 0.6) is 0 Å². The molecule has 1 aromatic carbocycles. The number of oxime groups is 1. The number of carboxylic acid groups (broad SMARTS) is 1. The summed E-state index contributed by atoms with van der Waals surface area (Å²) in [7, 11) is 0. The van der Waals surface area contributed by atoms with Gasteiger partial charge in [0.1, 0.15) is 0 Å². The first-order chi connectivity index (χ1) is 7.70. The third-order valence-corrected chi connectivity index (χ3v) is 2.85. The highest BCUT2D eigenvalue weighted by atomic mass is 16.4. The molecule has 1 aliphatic rings. The third kappa shape index (κ3) is 2.05. The zero-order valence-electron chi connectivity index (χ0n) is 8.77. The van der Waals surface area contributed by atoms with E-state index in [9.17, 15) is 9.90 Å². The van der Waals surface area contributed by atoms with Crippen LogP contribution in [0, 0.1) is 0 Å². The van der Waals surface area contributed by atoms with Crippen molar-refractivity contribution in [3.63, 3.8) is 0 Å². The van der Waals surface area contributed by atoms with Crippen LogP contribution in [0.25, 0.3) is 0 Å². The fourth-order valence-electron chi connectivity index (χ4n) is 2.00. The lowest BCUT2D eigenvalue weighted by molar-refractivity contribution is -0.305. The Morgan fingerprint density at radius 2 is 2.25 bits per heavy atom. The highest BCUT2D eigenvalue weighted by Gasteiger charge is 2.18. The average molecular weight is 218 g/mol. The molecule has 0 fully saturated rings. The van der Waals surface area contributed by atoms with Crippen molar-refractivity contribution in [2.45, 2.75) is 25.7 Å². The molecule has 0 radical (unpaired) electrons. The summed E-state index contributed by atoms with van der Waals surface area (Å²) in [6, 6.07) is 5.79. The molecule has 84 valence electrons. The normalized spacial score (nSPS) is 16.4. The number of carboxylic acids is 1. The molecule has 0 aliphatic heterocycles. The number of carbonyl (C=O) groups excluding carboxylic acids is 1. The van der Waals surface area contributed by atoms with Crippen LogP contribution in [0.2, 0.25) is 0 Å². The van der Waals surface area contributed by atoms with Gasteiger partial charge < -0.3 is 15.1 Å². The van der Waals surface area contributed by atoms with Crippen molar-refractivity contribution >= 4 is 11.7 Å². The minimum Gasteiger partial charge on any atom is -0.550 e. The first kappa shape index (κ1) is 10.7. The number of carbonyl (C=O) groups is 1. The van der Waals surface area contributed by atoms with Gasteiger partial charge in [-0.05, 0) is 42.9 Å². The van der Waals surface area contributed by atoms with Gasteiger partial charge in [0, 0.05) is 11.5 Å². The molecule has 0 aromatic heterocycles. The fraction of sp³-hybridized carbons (Fsp3) is 0.333. The Morgan fingerprint density at radius 1 is 1.44 bits per heavy atom. The van der Waals surface area contributed by atoms with Crippen molar-refractivity contribution < 1.29 is 15.1 Å². The maximum atomic E-state index is 10.4. The van der Waals surface area contributed by atoms with Crippen molar-refractivity contribution in [3.05, 3.63) is 34.9 Å². The molecule has 0 heterocycles. The number of fused-ring (bicyclic) bond motifs is 1. The van der Waals surface area contributed by atoms with Crippen LogP contribution < -0.4 is 5.11 Å². The molecule has 0 amide bonds. The molecule has 1 aliphatic carbocycles. The van der Waals surface area contributed by atoms with E-state index in [-0.39, 0.29) is 6.42 Å². The van der Waals surface area contributed by atoms with Gasteiger partial charge in [-0.15, -0.1) is 0 Å². The topological polar surface area (TPSA) is 72.7 Å². The average Bonchev–Trinajstić information content (AvgIpc) is 2.68. The molecule has 0 spiro atoms. The van der Waals surface area contributed by atoms with Gasteiger partial charge in [-0.3, -0.25) is 0 Å². The highest BCUT2D eigenvalue weighted by Crippen LogP contribution is 2.24. The summed E-state index contributed by atoms with van der Waals surface area (Å²) in [4.78, 5) is 10.4. The standard InChI is InChI=1S/C12H13NO3/c14-12(15)6-2-8-1-3-9-4-5-11(13-16)10(9)7-8/h1,3,7,16H,2,4-6H2,(H,14,15)/p-1/b13-11-. The van der Waals surface area contributed by atoms with Crippen LogP contribution in [0.4, 0.5) is 0 Å². The zero-order chi connectivity index (χ0) is 11.5. The lowest BCUT2D eigenvalue weighted by Crippen LogP contribution is -2.22. The minimum atomic E-state index is -1.04. The Balaban J connectivity index is 2.22. The second-order valence-corrected chi connectivity index (χ2v) is 3.91. The largest absolute Gasteiger partial charge is 0.550 e. The molecule has 0 bridgehead atoms. The molecule has 2 rings (SSSR count). The van der Waals surface area contributed by atoms with Crippen LogP contribution in [0.3, 0.4) is 0 Å². The summed E-state index contributed by atoms with van der Waals surface area (Å²) >= 11 is 0. The van der Waals surface area contributed by atoms with Gasteiger partial charge in [-0.2, -0.15) is 0 Å². The van der Waals surface area contributed by atoms with E-state index in [1.54, 1.807) is 0 Å². The Labute approximate surface area is 93.2 Å². The van der Waals surface area contributed by atoms with E-state index < -0.39 is 5.97 Å². The third-order valence-electron chi connectivity index (χ3n) is 2.85. The summed E-state index contributed by atoms with van der Waals surface area (Å²) < 4.78 is 0. The quantitative estimate of drug-likeness (QED) is 0.593. The predicted molar refractivity (Wildman–Crippen MR) is 56.4 cm³/mol. The maximum absolute atomic E-state index is 10.4. The van der Waals surface area contributed by atoms with Crippen LogP contribution in [-0.4, -0.2) is 16.9 Å². The van der Waals surface area contributed by atoms with E-state index in [1.165, 1.54) is 0 Å². The van der Waals surface area contributed by atoms with Crippen LogP contribution in [-0.2, 0) is 17.6 Å². The summed E-state index contributed by atoms with van der Waals surface area (Å²) in [5.41, 5.74) is 3.72. The van der Waals surface area contributed by atoms with E-state index in [0.29, 0.717) is 12.1 Å². The number of hydrogen-bond acceptors (Lipinski definition) is 4. The number of rotatable bonds is 3. The molecule has 0 unspecified atom stereocenters. The summed E-state index contributed by atoms with van der Waals surface area (Å²) in [5.74, 6) is -1.04. The smallest absolute Gasteiger partial charge is 0.0873 e. The Kier molecular flexibility index (Phi) is 2.90. The lowest BCUT2D eigenvalue weighted by Gasteiger charge is -2.05. The first-order valence-corrected chi connectivity index (χ1v) is 5.23. The SMILES string of the molecule is O=C([O-])CCc1ccc2c(c1)/C(=N\O)CC2. The fourth-order valence-corrected chi connectivity index (χ4v) is 2.00. The number of hydrogen-bond donors (Lipinski definition) is 1. The summed E-state index contributed by atoms with van der Waals surface area (Å²) in [6.07, 6.45) is 2.10. The second-order valence-electron chi connectivity index (χ2n) is 3.91. The van der Waals surface area contributed by atoms with Crippen molar-refractivity contribution in [1.82, 2.24) is 0 Å². The molecular formula is C12H12NO3-. The molecule has 1 N–H and O–H groups in total. The molecule has 0 saturated heterocycles. The van der Waals surface area contributed by atoms with E-state index in [4.69, 9.17) is 5.21 Å². The minimum absolute atomic E-state index is 0.0182. The van der Waals surface area contributed by atoms with Gasteiger partial charge >= 0.3 is 0 Å². The monoisotopic (exact) mass is 218 g/mol. The van der Waals surface area contributed by atoms with Gasteiger partial charge in [0.25, 0.3) is 0 Å². The van der Waals surface area contributed by atoms with Crippen molar-refractivity contribution in [1.29, 1.82) is 0 Å². The summed E-state index contributed by atoms with van der Waals surface area (Å²) in [5, 5.41) is 22.4. The zero-order valence-corrected chi connectivity index (χ0v) is 8.77. The van der Waals surface area contributed by atoms with Gasteiger partial charge in [-0.1, -0.05) is 17.3 Å². The van der Waals surface area contributed by atoms with Gasteiger partial charge in [0.15, 0.2) is 0 Å².